The molecule has 8 nitrogen and oxygen atoms in total. The first-order valence-corrected chi connectivity index (χ1v) is 14.1. The number of aromatic nitrogens is 3. The summed E-state index contributed by atoms with van der Waals surface area (Å²) in [5.74, 6) is 2.15. The van der Waals surface area contributed by atoms with Gasteiger partial charge in [0.2, 0.25) is 5.91 Å². The molecular weight excluding hydrogens is 494 g/mol. The normalized spacial score (nSPS) is 11.7. The molecular formula is C26H33N5O3S2. The van der Waals surface area contributed by atoms with E-state index in [2.05, 4.69) is 20.8 Å². The molecule has 2 aromatic carbocycles. The second-order valence-electron chi connectivity index (χ2n) is 8.28. The molecule has 0 saturated heterocycles. The quantitative estimate of drug-likeness (QED) is 0.324. The van der Waals surface area contributed by atoms with E-state index in [1.807, 2.05) is 49.8 Å². The Morgan fingerprint density at radius 3 is 2.53 bits per heavy atom. The van der Waals surface area contributed by atoms with Gasteiger partial charge in [0.25, 0.3) is 5.91 Å². The van der Waals surface area contributed by atoms with Crippen LogP contribution in [0, 0.1) is 13.8 Å². The van der Waals surface area contributed by atoms with E-state index in [-0.39, 0.29) is 23.6 Å². The third-order valence-electron chi connectivity index (χ3n) is 5.64. The SMILES string of the molecule is CCn1c(SCC(=O)Nc2cc(C)ccc2C)nnc1[C@H](CCSC)NC(=O)c1ccc(OC)cc1. The van der Waals surface area contributed by atoms with Gasteiger partial charge in [-0.3, -0.25) is 9.59 Å². The van der Waals surface area contributed by atoms with Gasteiger partial charge >= 0.3 is 0 Å². The highest BCUT2D eigenvalue weighted by molar-refractivity contribution is 7.99. The fraction of sp³-hybridized carbons (Fsp3) is 0.385. The molecule has 0 unspecified atom stereocenters. The molecule has 0 aliphatic rings. The van der Waals surface area contributed by atoms with Crippen molar-refractivity contribution in [3.63, 3.8) is 0 Å². The molecule has 1 atom stereocenters. The molecule has 1 heterocycles. The Bertz CT molecular complexity index is 1180. The number of hydrogen-bond acceptors (Lipinski definition) is 7. The number of amides is 2. The summed E-state index contributed by atoms with van der Waals surface area (Å²) in [6.45, 7) is 6.59. The second kappa shape index (κ2) is 13.4. The lowest BCUT2D eigenvalue weighted by molar-refractivity contribution is -0.113. The fourth-order valence-electron chi connectivity index (χ4n) is 3.63. The van der Waals surface area contributed by atoms with E-state index in [0.29, 0.717) is 35.3 Å². The molecule has 0 spiro atoms. The Morgan fingerprint density at radius 2 is 1.86 bits per heavy atom. The van der Waals surface area contributed by atoms with Crippen molar-refractivity contribution < 1.29 is 14.3 Å². The van der Waals surface area contributed by atoms with E-state index in [1.54, 1.807) is 43.1 Å². The number of nitrogens with zero attached hydrogens (tertiary/aromatic N) is 3. The minimum Gasteiger partial charge on any atom is -0.497 e. The maximum absolute atomic E-state index is 13.0. The molecule has 0 saturated carbocycles. The summed E-state index contributed by atoms with van der Waals surface area (Å²) >= 11 is 3.04. The largest absolute Gasteiger partial charge is 0.497 e. The third-order valence-corrected chi connectivity index (χ3v) is 7.25. The van der Waals surface area contributed by atoms with Gasteiger partial charge in [0, 0.05) is 17.8 Å². The number of carbonyl (C=O) groups excluding carboxylic acids is 2. The van der Waals surface area contributed by atoms with E-state index in [1.165, 1.54) is 11.8 Å². The Labute approximate surface area is 221 Å². The van der Waals surface area contributed by atoms with E-state index in [4.69, 9.17) is 4.74 Å². The van der Waals surface area contributed by atoms with Crippen molar-refractivity contribution in [2.24, 2.45) is 0 Å². The van der Waals surface area contributed by atoms with Crippen LogP contribution in [0.1, 0.15) is 46.7 Å². The van der Waals surface area contributed by atoms with Crippen molar-refractivity contribution in [2.75, 3.05) is 30.2 Å². The number of hydrogen-bond donors (Lipinski definition) is 2. The minimum atomic E-state index is -0.308. The highest BCUT2D eigenvalue weighted by atomic mass is 32.2. The molecule has 3 rings (SSSR count). The van der Waals surface area contributed by atoms with Crippen molar-refractivity contribution in [2.45, 2.75) is 44.9 Å². The van der Waals surface area contributed by atoms with Crippen molar-refractivity contribution in [1.29, 1.82) is 0 Å². The summed E-state index contributed by atoms with van der Waals surface area (Å²) in [4.78, 5) is 25.6. The summed E-state index contributed by atoms with van der Waals surface area (Å²) in [7, 11) is 1.59. The molecule has 10 heteroatoms. The van der Waals surface area contributed by atoms with E-state index < -0.39 is 0 Å². The molecule has 0 aliphatic carbocycles. The van der Waals surface area contributed by atoms with Crippen LogP contribution >= 0.6 is 23.5 Å². The number of anilines is 1. The summed E-state index contributed by atoms with van der Waals surface area (Å²) in [6, 6.07) is 12.7. The molecule has 36 heavy (non-hydrogen) atoms. The maximum Gasteiger partial charge on any atom is 0.251 e. The van der Waals surface area contributed by atoms with Gasteiger partial charge < -0.3 is 19.9 Å². The van der Waals surface area contributed by atoms with Crippen molar-refractivity contribution in [1.82, 2.24) is 20.1 Å². The van der Waals surface area contributed by atoms with Crippen molar-refractivity contribution >= 4 is 41.0 Å². The lowest BCUT2D eigenvalue weighted by Crippen LogP contribution is -2.31. The van der Waals surface area contributed by atoms with Crippen LogP contribution in [0.5, 0.6) is 5.75 Å². The number of benzene rings is 2. The van der Waals surface area contributed by atoms with Crippen LogP contribution in [-0.4, -0.2) is 51.5 Å². The number of ether oxygens (including phenoxy) is 1. The van der Waals surface area contributed by atoms with Crippen molar-refractivity contribution in [3.05, 3.63) is 65.0 Å². The maximum atomic E-state index is 13.0. The molecule has 0 aliphatic heterocycles. The van der Waals surface area contributed by atoms with Gasteiger partial charge in [-0.15, -0.1) is 10.2 Å². The zero-order valence-corrected chi connectivity index (χ0v) is 23.0. The van der Waals surface area contributed by atoms with Gasteiger partial charge in [-0.2, -0.15) is 11.8 Å². The lowest BCUT2D eigenvalue weighted by Gasteiger charge is -2.19. The molecule has 2 amide bonds. The number of methoxy groups -OCH3 is 1. The Kier molecular flexibility index (Phi) is 10.2. The first kappa shape index (κ1) is 27.6. The van der Waals surface area contributed by atoms with Crippen LogP contribution in [0.2, 0.25) is 0 Å². The minimum absolute atomic E-state index is 0.104. The van der Waals surface area contributed by atoms with Crippen LogP contribution < -0.4 is 15.4 Å². The summed E-state index contributed by atoms with van der Waals surface area (Å²) < 4.78 is 7.15. The predicted octanol–water partition coefficient (Wildman–Crippen LogP) is 4.88. The molecule has 2 N–H and O–H groups in total. The highest BCUT2D eigenvalue weighted by Crippen LogP contribution is 2.25. The molecule has 192 valence electrons. The Hall–Kier alpha value is -2.98. The monoisotopic (exact) mass is 527 g/mol. The van der Waals surface area contributed by atoms with Gasteiger partial charge in [-0.25, -0.2) is 0 Å². The van der Waals surface area contributed by atoms with E-state index >= 15 is 0 Å². The van der Waals surface area contributed by atoms with Crippen LogP contribution in [0.4, 0.5) is 5.69 Å². The lowest BCUT2D eigenvalue weighted by atomic mass is 10.1. The average molecular weight is 528 g/mol. The van der Waals surface area contributed by atoms with E-state index in [0.717, 1.165) is 22.6 Å². The first-order valence-electron chi connectivity index (χ1n) is 11.7. The number of aryl methyl sites for hydroxylation is 2. The number of nitrogens with one attached hydrogen (secondary N) is 2. The second-order valence-corrected chi connectivity index (χ2v) is 10.2. The number of carbonyl (C=O) groups is 2. The molecule has 0 fully saturated rings. The zero-order chi connectivity index (χ0) is 26.1. The van der Waals surface area contributed by atoms with Gasteiger partial charge in [-0.1, -0.05) is 23.9 Å². The zero-order valence-electron chi connectivity index (χ0n) is 21.3. The van der Waals surface area contributed by atoms with Crippen LogP contribution in [0.3, 0.4) is 0 Å². The fourth-order valence-corrected chi connectivity index (χ4v) is 4.91. The van der Waals surface area contributed by atoms with Gasteiger partial charge in [0.05, 0.1) is 18.9 Å². The van der Waals surface area contributed by atoms with E-state index in [9.17, 15) is 9.59 Å². The smallest absolute Gasteiger partial charge is 0.251 e. The topological polar surface area (TPSA) is 98.1 Å². The molecule has 0 radical (unpaired) electrons. The van der Waals surface area contributed by atoms with Crippen LogP contribution in [0.15, 0.2) is 47.6 Å². The Morgan fingerprint density at radius 1 is 1.11 bits per heavy atom. The van der Waals surface area contributed by atoms with Crippen LogP contribution in [-0.2, 0) is 11.3 Å². The average Bonchev–Trinajstić information content (AvgIpc) is 3.30. The van der Waals surface area contributed by atoms with Gasteiger partial charge in [-0.05, 0) is 80.7 Å². The summed E-state index contributed by atoms with van der Waals surface area (Å²) in [6.07, 6.45) is 2.74. The Balaban J connectivity index is 1.71. The van der Waals surface area contributed by atoms with Gasteiger partial charge in [0.15, 0.2) is 11.0 Å². The standard InChI is InChI=1S/C26H33N5O3S2/c1-6-31-24(21(13-14-35-5)28-25(33)19-9-11-20(34-4)12-10-19)29-30-26(31)36-16-23(32)27-22-15-17(2)7-8-18(22)3/h7-12,15,21H,6,13-14,16H2,1-5H3,(H,27,32)(H,28,33)/t21-/m0/s1. The first-order chi connectivity index (χ1) is 17.4. The molecule has 3 aromatic rings. The van der Waals surface area contributed by atoms with Crippen molar-refractivity contribution in [3.8, 4) is 5.75 Å². The summed E-state index contributed by atoms with van der Waals surface area (Å²) in [5, 5.41) is 15.5. The number of thioether (sulfide) groups is 2. The third kappa shape index (κ3) is 7.27. The predicted molar refractivity (Wildman–Crippen MR) is 147 cm³/mol. The highest BCUT2D eigenvalue weighted by Gasteiger charge is 2.23. The van der Waals surface area contributed by atoms with Crippen LogP contribution in [0.25, 0.3) is 0 Å². The number of rotatable bonds is 12. The molecule has 1 aromatic heterocycles. The molecule has 0 bridgehead atoms. The van der Waals surface area contributed by atoms with Gasteiger partial charge in [0.1, 0.15) is 5.75 Å². The summed E-state index contributed by atoms with van der Waals surface area (Å²) in [5.41, 5.74) is 3.47.